The average Bonchev–Trinajstić information content (AvgIpc) is 2.24. The van der Waals surface area contributed by atoms with Crippen LogP contribution in [0.2, 0.25) is 0 Å². The molecule has 78 valence electrons. The fourth-order valence-electron chi connectivity index (χ4n) is 1.78. The minimum Gasteiger partial charge on any atom is -0.373 e. The molecular weight excluding hydrogens is 186 g/mol. The van der Waals surface area contributed by atoms with Crippen molar-refractivity contribution in [3.63, 3.8) is 0 Å². The van der Waals surface area contributed by atoms with Gasteiger partial charge < -0.3 is 10.5 Å². The monoisotopic (exact) mass is 201 g/mol. The maximum absolute atomic E-state index is 5.85. The Hall–Kier alpha value is -1.30. The van der Waals surface area contributed by atoms with Gasteiger partial charge in [0.05, 0.1) is 18.2 Å². The van der Waals surface area contributed by atoms with Gasteiger partial charge in [-0.25, -0.2) is 0 Å². The lowest BCUT2D eigenvalue weighted by atomic mass is 9.76. The van der Waals surface area contributed by atoms with E-state index in [1.54, 1.807) is 0 Å². The van der Waals surface area contributed by atoms with Crippen LogP contribution in [0.25, 0.3) is 0 Å². The van der Waals surface area contributed by atoms with Crippen LogP contribution < -0.4 is 5.73 Å². The van der Waals surface area contributed by atoms with Crippen molar-refractivity contribution in [1.82, 2.24) is 0 Å². The van der Waals surface area contributed by atoms with E-state index in [4.69, 9.17) is 16.9 Å². The molecule has 0 saturated heterocycles. The van der Waals surface area contributed by atoms with Crippen LogP contribution in [-0.2, 0) is 11.3 Å². The lowest BCUT2D eigenvalue weighted by Crippen LogP contribution is -2.54. The average molecular weight is 201 g/mol. The van der Waals surface area contributed by atoms with Gasteiger partial charge in [-0.3, -0.25) is 0 Å². The summed E-state index contributed by atoms with van der Waals surface area (Å²) in [5.41, 5.74) is 6.62. The highest BCUT2D eigenvalue weighted by molar-refractivity contribution is 5.19. The summed E-state index contributed by atoms with van der Waals surface area (Å²) in [6.07, 6.45) is 7.08. The quantitative estimate of drug-likeness (QED) is 0.755. The topological polar surface area (TPSA) is 35.2 Å². The zero-order valence-electron chi connectivity index (χ0n) is 8.65. The maximum atomic E-state index is 5.85. The first-order chi connectivity index (χ1) is 7.22. The van der Waals surface area contributed by atoms with E-state index in [0.29, 0.717) is 6.61 Å². The molecule has 0 spiro atoms. The molecule has 0 unspecified atom stereocenters. The van der Waals surface area contributed by atoms with Gasteiger partial charge in [-0.2, -0.15) is 0 Å². The fraction of sp³-hybridized carbons (Fsp3) is 0.385. The molecule has 0 aliphatic heterocycles. The first kappa shape index (κ1) is 10.2. The van der Waals surface area contributed by atoms with E-state index in [0.717, 1.165) is 12.8 Å². The maximum Gasteiger partial charge on any atom is 0.0823 e. The normalized spacial score (nSPS) is 29.2. The van der Waals surface area contributed by atoms with Gasteiger partial charge in [0.15, 0.2) is 0 Å². The standard InChI is InChI=1S/C13H15NO/c1-2-13(14)8-12(9-13)15-10-11-6-4-3-5-7-11/h1,3-7,12H,8-10,14H2. The van der Waals surface area contributed by atoms with Crippen molar-refractivity contribution in [3.8, 4) is 12.3 Å². The van der Waals surface area contributed by atoms with Crippen molar-refractivity contribution in [3.05, 3.63) is 35.9 Å². The van der Waals surface area contributed by atoms with Crippen LogP contribution in [0.1, 0.15) is 18.4 Å². The minimum absolute atomic E-state index is 0.228. The molecule has 1 aliphatic carbocycles. The van der Waals surface area contributed by atoms with Gasteiger partial charge in [0.25, 0.3) is 0 Å². The highest BCUT2D eigenvalue weighted by atomic mass is 16.5. The van der Waals surface area contributed by atoms with Crippen LogP contribution in [0, 0.1) is 12.3 Å². The summed E-state index contributed by atoms with van der Waals surface area (Å²) >= 11 is 0. The lowest BCUT2D eigenvalue weighted by molar-refractivity contribution is -0.0354. The molecule has 0 aromatic heterocycles. The Morgan fingerprint density at radius 2 is 2.07 bits per heavy atom. The molecule has 2 nitrogen and oxygen atoms in total. The number of hydrogen-bond donors (Lipinski definition) is 1. The summed E-state index contributed by atoms with van der Waals surface area (Å²) in [4.78, 5) is 0. The van der Waals surface area contributed by atoms with Crippen LogP contribution in [-0.4, -0.2) is 11.6 Å². The second kappa shape index (κ2) is 4.06. The second-order valence-electron chi connectivity index (χ2n) is 4.13. The van der Waals surface area contributed by atoms with Crippen molar-refractivity contribution < 1.29 is 4.74 Å². The summed E-state index contributed by atoms with van der Waals surface area (Å²) in [5, 5.41) is 0. The molecule has 0 amide bonds. The predicted octanol–water partition coefficient (Wildman–Crippen LogP) is 1.70. The van der Waals surface area contributed by atoms with Gasteiger partial charge in [-0.1, -0.05) is 36.3 Å². The molecule has 0 heterocycles. The van der Waals surface area contributed by atoms with Crippen LogP contribution in [0.3, 0.4) is 0 Å². The van der Waals surface area contributed by atoms with Gasteiger partial charge in [0.2, 0.25) is 0 Å². The third kappa shape index (κ3) is 2.38. The van der Waals surface area contributed by atoms with Gasteiger partial charge >= 0.3 is 0 Å². The first-order valence-electron chi connectivity index (χ1n) is 5.14. The summed E-state index contributed by atoms with van der Waals surface area (Å²) in [5.74, 6) is 2.60. The molecule has 1 aromatic carbocycles. The minimum atomic E-state index is -0.415. The predicted molar refractivity (Wildman–Crippen MR) is 60.0 cm³/mol. The zero-order valence-corrected chi connectivity index (χ0v) is 8.65. The van der Waals surface area contributed by atoms with E-state index in [-0.39, 0.29) is 6.10 Å². The van der Waals surface area contributed by atoms with Crippen LogP contribution >= 0.6 is 0 Å². The van der Waals surface area contributed by atoms with Crippen LogP contribution in [0.5, 0.6) is 0 Å². The SMILES string of the molecule is C#CC1(N)CC(OCc2ccccc2)C1. The molecule has 2 N–H and O–H groups in total. The van der Waals surface area contributed by atoms with E-state index in [9.17, 15) is 0 Å². The number of hydrogen-bond acceptors (Lipinski definition) is 2. The molecule has 15 heavy (non-hydrogen) atoms. The molecule has 1 fully saturated rings. The van der Waals surface area contributed by atoms with Crippen molar-refractivity contribution in [2.24, 2.45) is 5.73 Å². The molecule has 0 bridgehead atoms. The molecule has 2 rings (SSSR count). The number of rotatable bonds is 3. The highest BCUT2D eigenvalue weighted by Gasteiger charge is 2.40. The van der Waals surface area contributed by atoms with Crippen molar-refractivity contribution in [2.45, 2.75) is 31.1 Å². The summed E-state index contributed by atoms with van der Waals surface area (Å²) in [6, 6.07) is 10.1. The Balaban J connectivity index is 1.76. The zero-order chi connectivity index (χ0) is 10.7. The Morgan fingerprint density at radius 3 is 2.67 bits per heavy atom. The van der Waals surface area contributed by atoms with Crippen LogP contribution in [0.4, 0.5) is 0 Å². The van der Waals surface area contributed by atoms with E-state index in [1.807, 2.05) is 18.2 Å². The number of benzene rings is 1. The van der Waals surface area contributed by atoms with E-state index < -0.39 is 5.54 Å². The third-order valence-corrected chi connectivity index (χ3v) is 2.80. The number of ether oxygens (including phenoxy) is 1. The molecule has 0 radical (unpaired) electrons. The summed E-state index contributed by atoms with van der Waals surface area (Å²) in [6.45, 7) is 0.645. The Labute approximate surface area is 90.4 Å². The number of nitrogens with two attached hydrogens (primary N) is 1. The Bertz CT molecular complexity index is 360. The van der Waals surface area contributed by atoms with Crippen molar-refractivity contribution in [1.29, 1.82) is 0 Å². The summed E-state index contributed by atoms with van der Waals surface area (Å²) in [7, 11) is 0. The molecule has 1 aromatic rings. The molecule has 0 atom stereocenters. The highest BCUT2D eigenvalue weighted by Crippen LogP contribution is 2.32. The van der Waals surface area contributed by atoms with Gasteiger partial charge in [-0.15, -0.1) is 6.42 Å². The third-order valence-electron chi connectivity index (χ3n) is 2.80. The molecule has 1 saturated carbocycles. The largest absolute Gasteiger partial charge is 0.373 e. The van der Waals surface area contributed by atoms with Crippen molar-refractivity contribution >= 4 is 0 Å². The molecule has 1 aliphatic rings. The number of terminal acetylenes is 1. The Morgan fingerprint density at radius 1 is 1.40 bits per heavy atom. The first-order valence-corrected chi connectivity index (χ1v) is 5.14. The van der Waals surface area contributed by atoms with Gasteiger partial charge in [-0.05, 0) is 5.56 Å². The fourth-order valence-corrected chi connectivity index (χ4v) is 1.78. The van der Waals surface area contributed by atoms with Gasteiger partial charge in [0.1, 0.15) is 0 Å². The summed E-state index contributed by atoms with van der Waals surface area (Å²) < 4.78 is 5.69. The van der Waals surface area contributed by atoms with E-state index in [1.165, 1.54) is 5.56 Å². The lowest BCUT2D eigenvalue weighted by Gasteiger charge is -2.40. The Kier molecular flexibility index (Phi) is 2.77. The van der Waals surface area contributed by atoms with Gasteiger partial charge in [0, 0.05) is 12.8 Å². The van der Waals surface area contributed by atoms with Crippen LogP contribution in [0.15, 0.2) is 30.3 Å². The molecular formula is C13H15NO. The smallest absolute Gasteiger partial charge is 0.0823 e. The molecule has 2 heteroatoms. The second-order valence-corrected chi connectivity index (χ2v) is 4.13. The van der Waals surface area contributed by atoms with E-state index in [2.05, 4.69) is 18.1 Å². The van der Waals surface area contributed by atoms with Crippen molar-refractivity contribution in [2.75, 3.05) is 0 Å². The van der Waals surface area contributed by atoms with E-state index >= 15 is 0 Å².